The minimum Gasteiger partial charge on any atom is -0.330 e. The van der Waals surface area contributed by atoms with Crippen molar-refractivity contribution in [1.82, 2.24) is 14.8 Å². The van der Waals surface area contributed by atoms with Crippen molar-refractivity contribution in [2.24, 2.45) is 5.73 Å². The molecule has 0 aliphatic heterocycles. The summed E-state index contributed by atoms with van der Waals surface area (Å²) in [6.45, 7) is 0.418. The van der Waals surface area contributed by atoms with E-state index in [1.54, 1.807) is 17.1 Å². The lowest BCUT2D eigenvalue weighted by Gasteiger charge is -1.99. The number of aryl methyl sites for hydroxylation is 1. The van der Waals surface area contributed by atoms with Gasteiger partial charge in [0.15, 0.2) is 0 Å². The third kappa shape index (κ3) is 2.68. The van der Waals surface area contributed by atoms with E-state index in [0.717, 1.165) is 23.2 Å². The molecule has 0 amide bonds. The molecule has 2 heterocycles. The van der Waals surface area contributed by atoms with Gasteiger partial charge in [0.1, 0.15) is 6.67 Å². The zero-order valence-corrected chi connectivity index (χ0v) is 9.51. The number of alkyl halides is 1. The summed E-state index contributed by atoms with van der Waals surface area (Å²) in [4.78, 5) is 3.97. The van der Waals surface area contributed by atoms with Crippen molar-refractivity contribution in [3.8, 4) is 11.3 Å². The molecule has 2 aromatic rings. The highest BCUT2D eigenvalue weighted by atomic mass is 19.1. The van der Waals surface area contributed by atoms with Gasteiger partial charge in [-0.3, -0.25) is 9.67 Å². The first kappa shape index (κ1) is 11.7. The molecule has 2 rings (SSSR count). The van der Waals surface area contributed by atoms with Crippen molar-refractivity contribution >= 4 is 0 Å². The molecule has 0 aromatic carbocycles. The first-order valence-electron chi connectivity index (χ1n) is 5.58. The molecule has 0 aliphatic carbocycles. The highest BCUT2D eigenvalue weighted by molar-refractivity contribution is 5.62. The van der Waals surface area contributed by atoms with Gasteiger partial charge in [-0.25, -0.2) is 4.39 Å². The zero-order valence-electron chi connectivity index (χ0n) is 9.51. The van der Waals surface area contributed by atoms with E-state index in [9.17, 15) is 4.39 Å². The molecule has 2 N–H and O–H groups in total. The molecule has 17 heavy (non-hydrogen) atoms. The Bertz CT molecular complexity index is 467. The molecule has 5 heteroatoms. The van der Waals surface area contributed by atoms with Crippen LogP contribution in [0.3, 0.4) is 0 Å². The van der Waals surface area contributed by atoms with E-state index in [-0.39, 0.29) is 6.54 Å². The summed E-state index contributed by atoms with van der Waals surface area (Å²) in [5, 5.41) is 4.38. The normalized spacial score (nSPS) is 10.7. The zero-order chi connectivity index (χ0) is 12.1. The Kier molecular flexibility index (Phi) is 3.82. The van der Waals surface area contributed by atoms with Gasteiger partial charge in [0.25, 0.3) is 0 Å². The van der Waals surface area contributed by atoms with Gasteiger partial charge in [-0.1, -0.05) is 0 Å². The second-order valence-electron chi connectivity index (χ2n) is 3.73. The number of halogens is 1. The molecule has 0 unspecified atom stereocenters. The third-order valence-electron chi connectivity index (χ3n) is 2.52. The van der Waals surface area contributed by atoms with Crippen molar-refractivity contribution in [3.05, 3.63) is 36.3 Å². The van der Waals surface area contributed by atoms with Crippen molar-refractivity contribution < 1.29 is 4.39 Å². The molecule has 90 valence electrons. The summed E-state index contributed by atoms with van der Waals surface area (Å²) >= 11 is 0. The number of pyridine rings is 1. The van der Waals surface area contributed by atoms with Crippen LogP contribution in [0, 0.1) is 0 Å². The maximum atomic E-state index is 12.3. The van der Waals surface area contributed by atoms with E-state index in [0.29, 0.717) is 6.54 Å². The lowest BCUT2D eigenvalue weighted by Crippen LogP contribution is -2.03. The molecule has 0 bridgehead atoms. The van der Waals surface area contributed by atoms with Gasteiger partial charge in [-0.05, 0) is 30.7 Å². The predicted molar refractivity (Wildman–Crippen MR) is 64.2 cm³/mol. The Labute approximate surface area is 99.3 Å². The lowest BCUT2D eigenvalue weighted by atomic mass is 10.1. The van der Waals surface area contributed by atoms with Crippen molar-refractivity contribution in [1.29, 1.82) is 0 Å². The van der Waals surface area contributed by atoms with Crippen molar-refractivity contribution in [2.45, 2.75) is 13.0 Å². The van der Waals surface area contributed by atoms with E-state index in [4.69, 9.17) is 5.73 Å². The fourth-order valence-electron chi connectivity index (χ4n) is 1.76. The molecule has 0 radical (unpaired) electrons. The first-order chi connectivity index (χ1) is 8.35. The Morgan fingerprint density at radius 2 is 2.06 bits per heavy atom. The smallest absolute Gasteiger partial charge is 0.109 e. The van der Waals surface area contributed by atoms with Crippen LogP contribution in [0.4, 0.5) is 4.39 Å². The molecule has 0 saturated heterocycles. The second kappa shape index (κ2) is 5.54. The van der Waals surface area contributed by atoms with Crippen molar-refractivity contribution in [2.75, 3.05) is 13.2 Å². The topological polar surface area (TPSA) is 56.7 Å². The van der Waals surface area contributed by atoms with Crippen LogP contribution in [-0.4, -0.2) is 28.0 Å². The number of nitrogens with zero attached hydrogens (tertiary/aromatic N) is 3. The Morgan fingerprint density at radius 3 is 2.71 bits per heavy atom. The second-order valence-corrected chi connectivity index (χ2v) is 3.73. The highest BCUT2D eigenvalue weighted by Crippen LogP contribution is 2.21. The van der Waals surface area contributed by atoms with Crippen LogP contribution in [-0.2, 0) is 13.0 Å². The molecule has 0 fully saturated rings. The van der Waals surface area contributed by atoms with Crippen LogP contribution in [0.1, 0.15) is 5.56 Å². The van der Waals surface area contributed by atoms with Crippen LogP contribution >= 0.6 is 0 Å². The van der Waals surface area contributed by atoms with E-state index < -0.39 is 6.67 Å². The van der Waals surface area contributed by atoms with E-state index in [1.165, 1.54) is 0 Å². The summed E-state index contributed by atoms with van der Waals surface area (Å²) in [6, 6.07) is 3.78. The standard InChI is InChI=1S/C12H15FN4/c13-4-8-17-9-11(1-5-14)12(16-17)10-2-6-15-7-3-10/h2-3,6-7,9H,1,4-5,8,14H2. The molecule has 0 saturated carbocycles. The van der Waals surface area contributed by atoms with Crippen LogP contribution in [0.5, 0.6) is 0 Å². The quantitative estimate of drug-likeness (QED) is 0.851. The number of rotatable bonds is 5. The average molecular weight is 234 g/mol. The van der Waals surface area contributed by atoms with Gasteiger partial charge < -0.3 is 5.73 Å². The summed E-state index contributed by atoms with van der Waals surface area (Å²) in [5.41, 5.74) is 8.47. The maximum Gasteiger partial charge on any atom is 0.109 e. The molecule has 0 aliphatic rings. The average Bonchev–Trinajstić information content (AvgIpc) is 2.74. The van der Waals surface area contributed by atoms with E-state index in [1.807, 2.05) is 18.3 Å². The fraction of sp³-hybridized carbons (Fsp3) is 0.333. The first-order valence-corrected chi connectivity index (χ1v) is 5.58. The highest BCUT2D eigenvalue weighted by Gasteiger charge is 2.10. The van der Waals surface area contributed by atoms with Crippen LogP contribution in [0.15, 0.2) is 30.7 Å². The Hall–Kier alpha value is -1.75. The fourth-order valence-corrected chi connectivity index (χ4v) is 1.76. The molecular formula is C12H15FN4. The minimum atomic E-state index is -0.417. The van der Waals surface area contributed by atoms with Gasteiger partial charge in [0.05, 0.1) is 12.2 Å². The van der Waals surface area contributed by atoms with E-state index in [2.05, 4.69) is 10.1 Å². The Morgan fingerprint density at radius 1 is 1.29 bits per heavy atom. The summed E-state index contributed by atoms with van der Waals surface area (Å²) in [5.74, 6) is 0. The van der Waals surface area contributed by atoms with Crippen LogP contribution < -0.4 is 5.73 Å². The minimum absolute atomic E-state index is 0.280. The largest absolute Gasteiger partial charge is 0.330 e. The molecular weight excluding hydrogens is 219 g/mol. The van der Waals surface area contributed by atoms with Crippen LogP contribution in [0.2, 0.25) is 0 Å². The lowest BCUT2D eigenvalue weighted by molar-refractivity contribution is 0.427. The SMILES string of the molecule is NCCc1cn(CCF)nc1-c1ccncc1. The summed E-state index contributed by atoms with van der Waals surface area (Å²) in [7, 11) is 0. The van der Waals surface area contributed by atoms with Crippen LogP contribution in [0.25, 0.3) is 11.3 Å². The monoisotopic (exact) mass is 234 g/mol. The molecule has 4 nitrogen and oxygen atoms in total. The van der Waals surface area contributed by atoms with Gasteiger partial charge in [-0.15, -0.1) is 0 Å². The predicted octanol–water partition coefficient (Wildman–Crippen LogP) is 1.42. The molecule has 0 atom stereocenters. The maximum absolute atomic E-state index is 12.3. The number of hydrogen-bond donors (Lipinski definition) is 1. The van der Waals surface area contributed by atoms with E-state index >= 15 is 0 Å². The molecule has 0 spiro atoms. The van der Waals surface area contributed by atoms with Gasteiger partial charge in [0, 0.05) is 24.2 Å². The molecule has 2 aromatic heterocycles. The Balaban J connectivity index is 2.37. The van der Waals surface area contributed by atoms with Crippen molar-refractivity contribution in [3.63, 3.8) is 0 Å². The number of hydrogen-bond acceptors (Lipinski definition) is 3. The number of nitrogens with two attached hydrogens (primary N) is 1. The van der Waals surface area contributed by atoms with Gasteiger partial charge >= 0.3 is 0 Å². The third-order valence-corrected chi connectivity index (χ3v) is 2.52. The summed E-state index contributed by atoms with van der Waals surface area (Å²) < 4.78 is 13.9. The number of aromatic nitrogens is 3. The van der Waals surface area contributed by atoms with Gasteiger partial charge in [-0.2, -0.15) is 5.10 Å². The summed E-state index contributed by atoms with van der Waals surface area (Å²) in [6.07, 6.45) is 6.04. The van der Waals surface area contributed by atoms with Gasteiger partial charge in [0.2, 0.25) is 0 Å².